The zero-order valence-electron chi connectivity index (χ0n) is 13.7. The van der Waals surface area contributed by atoms with Gasteiger partial charge >= 0.3 is 0 Å². The third-order valence-electron chi connectivity index (χ3n) is 3.16. The Hall–Kier alpha value is -2.50. The van der Waals surface area contributed by atoms with Crippen LogP contribution >= 0.6 is 0 Å². The molecule has 0 aliphatic rings. The third kappa shape index (κ3) is 7.35. The highest BCUT2D eigenvalue weighted by molar-refractivity contribution is 5.78. The van der Waals surface area contributed by atoms with Crippen molar-refractivity contribution in [3.63, 3.8) is 0 Å². The fourth-order valence-corrected chi connectivity index (χ4v) is 1.89. The second kappa shape index (κ2) is 10.3. The topological polar surface area (TPSA) is 67.9 Å². The van der Waals surface area contributed by atoms with Gasteiger partial charge in [0.2, 0.25) is 11.8 Å². The van der Waals surface area contributed by atoms with Crippen LogP contribution < -0.4 is 14.8 Å². The zero-order valence-corrected chi connectivity index (χ0v) is 13.7. The van der Waals surface area contributed by atoms with Gasteiger partial charge in [-0.1, -0.05) is 6.08 Å². The first-order valence-electron chi connectivity index (χ1n) is 7.46. The molecule has 23 heavy (non-hydrogen) atoms. The molecule has 0 aliphatic carbocycles. The fourth-order valence-electron chi connectivity index (χ4n) is 1.89. The normalized spacial score (nSPS) is 9.83. The van der Waals surface area contributed by atoms with Crippen molar-refractivity contribution in [2.24, 2.45) is 0 Å². The van der Waals surface area contributed by atoms with Gasteiger partial charge in [-0.05, 0) is 24.3 Å². The molecule has 0 radical (unpaired) electrons. The molecule has 6 heteroatoms. The second-order valence-electron chi connectivity index (χ2n) is 4.88. The van der Waals surface area contributed by atoms with E-state index in [4.69, 9.17) is 9.47 Å². The molecule has 126 valence electrons. The molecule has 1 N–H and O–H groups in total. The van der Waals surface area contributed by atoms with Crippen molar-refractivity contribution in [2.75, 3.05) is 33.4 Å². The van der Waals surface area contributed by atoms with Gasteiger partial charge in [0.25, 0.3) is 0 Å². The van der Waals surface area contributed by atoms with Crippen LogP contribution in [0.1, 0.15) is 13.3 Å². The predicted octanol–water partition coefficient (Wildman–Crippen LogP) is 1.61. The number of nitrogens with zero attached hydrogens (tertiary/aromatic N) is 1. The maximum absolute atomic E-state index is 11.7. The van der Waals surface area contributed by atoms with E-state index in [1.165, 1.54) is 6.92 Å². The highest BCUT2D eigenvalue weighted by Gasteiger charge is 2.09. The van der Waals surface area contributed by atoms with Gasteiger partial charge in [-0.25, -0.2) is 0 Å². The first-order chi connectivity index (χ1) is 11.1. The Bertz CT molecular complexity index is 514. The standard InChI is InChI=1S/C17H24N2O4/c1-4-11-19(14(2)20)12-9-17(21)18-10-13-23-16-7-5-15(22-3)6-8-16/h4-8H,1,9-13H2,2-3H3,(H,18,21). The number of methoxy groups -OCH3 is 1. The first-order valence-corrected chi connectivity index (χ1v) is 7.46. The summed E-state index contributed by atoms with van der Waals surface area (Å²) in [5, 5.41) is 2.76. The molecule has 1 aromatic rings. The number of benzene rings is 1. The van der Waals surface area contributed by atoms with Crippen LogP contribution in [0.2, 0.25) is 0 Å². The molecule has 0 aliphatic heterocycles. The van der Waals surface area contributed by atoms with E-state index in [-0.39, 0.29) is 18.2 Å². The second-order valence-corrected chi connectivity index (χ2v) is 4.88. The van der Waals surface area contributed by atoms with Crippen molar-refractivity contribution in [1.82, 2.24) is 10.2 Å². The molecule has 1 aromatic carbocycles. The number of carbonyl (C=O) groups is 2. The molecule has 0 spiro atoms. The fraction of sp³-hybridized carbons (Fsp3) is 0.412. The number of rotatable bonds is 10. The Morgan fingerprint density at radius 3 is 2.48 bits per heavy atom. The average molecular weight is 320 g/mol. The van der Waals surface area contributed by atoms with Gasteiger partial charge in [-0.2, -0.15) is 0 Å². The summed E-state index contributed by atoms with van der Waals surface area (Å²) in [6.45, 7) is 6.68. The van der Waals surface area contributed by atoms with E-state index in [2.05, 4.69) is 11.9 Å². The van der Waals surface area contributed by atoms with Crippen molar-refractivity contribution in [2.45, 2.75) is 13.3 Å². The van der Waals surface area contributed by atoms with Crippen LogP contribution in [0.5, 0.6) is 11.5 Å². The van der Waals surface area contributed by atoms with Crippen molar-refractivity contribution < 1.29 is 19.1 Å². The highest BCUT2D eigenvalue weighted by Crippen LogP contribution is 2.16. The monoisotopic (exact) mass is 320 g/mol. The summed E-state index contributed by atoms with van der Waals surface area (Å²) < 4.78 is 10.6. The number of hydrogen-bond acceptors (Lipinski definition) is 4. The summed E-state index contributed by atoms with van der Waals surface area (Å²) in [5.41, 5.74) is 0. The smallest absolute Gasteiger partial charge is 0.221 e. The number of nitrogens with one attached hydrogen (secondary N) is 1. The summed E-state index contributed by atoms with van der Waals surface area (Å²) in [7, 11) is 1.60. The van der Waals surface area contributed by atoms with Gasteiger partial charge in [0.05, 0.1) is 13.7 Å². The van der Waals surface area contributed by atoms with E-state index in [0.717, 1.165) is 5.75 Å². The van der Waals surface area contributed by atoms with E-state index < -0.39 is 0 Å². The lowest BCUT2D eigenvalue weighted by atomic mass is 10.3. The summed E-state index contributed by atoms with van der Waals surface area (Å²) >= 11 is 0. The van der Waals surface area contributed by atoms with Crippen molar-refractivity contribution >= 4 is 11.8 Å². The van der Waals surface area contributed by atoms with Crippen LogP contribution in [0.15, 0.2) is 36.9 Å². The van der Waals surface area contributed by atoms with Gasteiger partial charge in [-0.15, -0.1) is 6.58 Å². The number of hydrogen-bond donors (Lipinski definition) is 1. The maximum atomic E-state index is 11.7. The molecule has 0 unspecified atom stereocenters. The van der Waals surface area contributed by atoms with E-state index >= 15 is 0 Å². The molecule has 0 fully saturated rings. The molecule has 0 saturated carbocycles. The maximum Gasteiger partial charge on any atom is 0.221 e. The largest absolute Gasteiger partial charge is 0.497 e. The van der Waals surface area contributed by atoms with Crippen LogP contribution in [0.25, 0.3) is 0 Å². The lowest BCUT2D eigenvalue weighted by Crippen LogP contribution is -2.35. The molecule has 0 aromatic heterocycles. The summed E-state index contributed by atoms with van der Waals surface area (Å²) in [5.74, 6) is 1.30. The van der Waals surface area contributed by atoms with Crippen molar-refractivity contribution in [1.29, 1.82) is 0 Å². The lowest BCUT2D eigenvalue weighted by molar-refractivity contribution is -0.129. The van der Waals surface area contributed by atoms with Gasteiger partial charge in [-0.3, -0.25) is 9.59 Å². The molecular weight excluding hydrogens is 296 g/mol. The minimum Gasteiger partial charge on any atom is -0.497 e. The molecular formula is C17H24N2O4. The molecule has 0 saturated heterocycles. The molecule has 0 heterocycles. The van der Waals surface area contributed by atoms with E-state index in [9.17, 15) is 9.59 Å². The molecule has 0 bridgehead atoms. The summed E-state index contributed by atoms with van der Waals surface area (Å²) in [4.78, 5) is 24.6. The minimum atomic E-state index is -0.112. The van der Waals surface area contributed by atoms with Crippen LogP contribution in [0.3, 0.4) is 0 Å². The van der Waals surface area contributed by atoms with Crippen LogP contribution in [-0.4, -0.2) is 50.1 Å². The van der Waals surface area contributed by atoms with E-state index in [1.807, 2.05) is 12.1 Å². The Labute approximate surface area is 137 Å². The third-order valence-corrected chi connectivity index (χ3v) is 3.16. The molecule has 6 nitrogen and oxygen atoms in total. The van der Waals surface area contributed by atoms with Crippen LogP contribution in [0, 0.1) is 0 Å². The average Bonchev–Trinajstić information content (AvgIpc) is 2.55. The SMILES string of the molecule is C=CCN(CCC(=O)NCCOc1ccc(OC)cc1)C(C)=O. The van der Waals surface area contributed by atoms with Crippen LogP contribution in [-0.2, 0) is 9.59 Å². The number of carbonyl (C=O) groups excluding carboxylic acids is 2. The van der Waals surface area contributed by atoms with Gasteiger partial charge in [0.15, 0.2) is 0 Å². The zero-order chi connectivity index (χ0) is 17.1. The van der Waals surface area contributed by atoms with Gasteiger partial charge in [0.1, 0.15) is 18.1 Å². The Balaban J connectivity index is 2.20. The predicted molar refractivity (Wildman–Crippen MR) is 88.6 cm³/mol. The van der Waals surface area contributed by atoms with E-state index in [0.29, 0.717) is 32.0 Å². The Kier molecular flexibility index (Phi) is 8.28. The highest BCUT2D eigenvalue weighted by atomic mass is 16.5. The number of amides is 2. The minimum absolute atomic E-state index is 0.0689. The summed E-state index contributed by atoms with van der Waals surface area (Å²) in [6, 6.07) is 7.23. The number of ether oxygens (including phenoxy) is 2. The molecule has 2 amide bonds. The molecule has 0 atom stereocenters. The molecule has 1 rings (SSSR count). The Morgan fingerprint density at radius 2 is 1.91 bits per heavy atom. The first kappa shape index (κ1) is 18.5. The Morgan fingerprint density at radius 1 is 1.26 bits per heavy atom. The lowest BCUT2D eigenvalue weighted by Gasteiger charge is -2.18. The van der Waals surface area contributed by atoms with E-state index in [1.54, 1.807) is 30.2 Å². The van der Waals surface area contributed by atoms with Gasteiger partial charge < -0.3 is 19.7 Å². The quantitative estimate of drug-likeness (QED) is 0.525. The van der Waals surface area contributed by atoms with Crippen LogP contribution in [0.4, 0.5) is 0 Å². The van der Waals surface area contributed by atoms with Gasteiger partial charge in [0, 0.05) is 26.4 Å². The summed E-state index contributed by atoms with van der Waals surface area (Å²) in [6.07, 6.45) is 1.90. The van der Waals surface area contributed by atoms with Crippen molar-refractivity contribution in [3.05, 3.63) is 36.9 Å². The van der Waals surface area contributed by atoms with Crippen molar-refractivity contribution in [3.8, 4) is 11.5 Å².